The first-order valence-electron chi connectivity index (χ1n) is 3.37. The Labute approximate surface area is 76.3 Å². The van der Waals surface area contributed by atoms with E-state index in [1.54, 1.807) is 0 Å². The van der Waals surface area contributed by atoms with Crippen LogP contribution in [0.2, 0.25) is 0 Å². The van der Waals surface area contributed by atoms with Crippen LogP contribution in [0.15, 0.2) is 12.2 Å². The summed E-state index contributed by atoms with van der Waals surface area (Å²) in [6, 6.07) is 0. The average molecular weight is 218 g/mol. The molecule has 0 aromatic heterocycles. The number of hydrogen-bond donors (Lipinski definition) is 0. The number of halogens is 5. The lowest BCUT2D eigenvalue weighted by Gasteiger charge is -2.19. The van der Waals surface area contributed by atoms with E-state index in [-0.39, 0.29) is 5.57 Å². The lowest BCUT2D eigenvalue weighted by atomic mass is 10.3. The Kier molecular flexibility index (Phi) is 4.03. The smallest absolute Gasteiger partial charge is 0.431 e. The van der Waals surface area contributed by atoms with Gasteiger partial charge in [0.25, 0.3) is 12.5 Å². The molecule has 0 saturated heterocycles. The molecule has 0 bridgehead atoms. The first kappa shape index (κ1) is 12.9. The molecule has 0 heterocycles. The molecule has 0 aliphatic rings. The summed E-state index contributed by atoms with van der Waals surface area (Å²) >= 11 is 0. The van der Waals surface area contributed by atoms with Crippen LogP contribution in [0, 0.1) is 0 Å². The molecule has 0 aliphatic heterocycles. The Hall–Kier alpha value is -1.14. The van der Waals surface area contributed by atoms with Crippen LogP contribution < -0.4 is 0 Å². The van der Waals surface area contributed by atoms with E-state index in [2.05, 4.69) is 11.3 Å². The van der Waals surface area contributed by atoms with Crippen molar-refractivity contribution >= 4 is 5.97 Å². The summed E-state index contributed by atoms with van der Waals surface area (Å²) in [7, 11) is 0. The second-order valence-electron chi connectivity index (χ2n) is 2.48. The van der Waals surface area contributed by atoms with Crippen LogP contribution in [-0.2, 0) is 9.53 Å². The van der Waals surface area contributed by atoms with Gasteiger partial charge in [0.2, 0.25) is 0 Å². The Morgan fingerprint density at radius 1 is 1.36 bits per heavy atom. The fourth-order valence-electron chi connectivity index (χ4n) is 0.477. The number of carbonyl (C=O) groups is 1. The molecule has 14 heavy (non-hydrogen) atoms. The van der Waals surface area contributed by atoms with E-state index in [1.165, 1.54) is 0 Å². The molecule has 0 spiro atoms. The molecule has 7 heteroatoms. The van der Waals surface area contributed by atoms with Crippen molar-refractivity contribution in [3.63, 3.8) is 0 Å². The molecule has 0 saturated carbocycles. The van der Waals surface area contributed by atoms with E-state index < -0.39 is 24.7 Å². The second-order valence-corrected chi connectivity index (χ2v) is 2.48. The first-order valence-corrected chi connectivity index (χ1v) is 3.37. The third kappa shape index (κ3) is 3.71. The Morgan fingerprint density at radius 3 is 2.00 bits per heavy atom. The second kappa shape index (κ2) is 4.39. The number of alkyl halides is 5. The summed E-state index contributed by atoms with van der Waals surface area (Å²) in [4.78, 5) is 10.5. The lowest BCUT2D eigenvalue weighted by molar-refractivity contribution is -0.247. The van der Waals surface area contributed by atoms with Gasteiger partial charge in [0.15, 0.2) is 0 Å². The van der Waals surface area contributed by atoms with Crippen LogP contribution in [-0.4, -0.2) is 24.7 Å². The fourth-order valence-corrected chi connectivity index (χ4v) is 0.477. The van der Waals surface area contributed by atoms with Crippen molar-refractivity contribution in [2.24, 2.45) is 0 Å². The van der Waals surface area contributed by atoms with Crippen molar-refractivity contribution in [3.8, 4) is 0 Å². The maximum Gasteiger partial charge on any atom is 0.431 e. The predicted octanol–water partition coefficient (Wildman–Crippen LogP) is 2.30. The van der Waals surface area contributed by atoms with Crippen molar-refractivity contribution in [2.45, 2.75) is 25.6 Å². The van der Waals surface area contributed by atoms with E-state index in [9.17, 15) is 26.7 Å². The zero-order valence-electron chi connectivity index (χ0n) is 7.07. The predicted molar refractivity (Wildman–Crippen MR) is 36.8 cm³/mol. The molecule has 0 N–H and O–H groups in total. The summed E-state index contributed by atoms with van der Waals surface area (Å²) in [6.07, 6.45) is -12.5. The van der Waals surface area contributed by atoms with Crippen LogP contribution in [0.3, 0.4) is 0 Å². The molecular weight excluding hydrogens is 211 g/mol. The van der Waals surface area contributed by atoms with E-state index in [4.69, 9.17) is 0 Å². The van der Waals surface area contributed by atoms with Gasteiger partial charge in [-0.1, -0.05) is 6.58 Å². The fraction of sp³-hybridized carbons (Fsp3) is 0.571. The zero-order chi connectivity index (χ0) is 11.5. The molecule has 0 rings (SSSR count). The van der Waals surface area contributed by atoms with Gasteiger partial charge in [-0.3, -0.25) is 0 Å². The van der Waals surface area contributed by atoms with Gasteiger partial charge >= 0.3 is 12.1 Å². The monoisotopic (exact) mass is 218 g/mol. The summed E-state index contributed by atoms with van der Waals surface area (Å²) < 4.78 is 62.5. The van der Waals surface area contributed by atoms with Crippen molar-refractivity contribution in [1.29, 1.82) is 0 Å². The highest BCUT2D eigenvalue weighted by Gasteiger charge is 2.49. The van der Waals surface area contributed by atoms with Crippen molar-refractivity contribution in [2.75, 3.05) is 0 Å². The number of rotatable bonds is 3. The SMILES string of the molecule is C=C(C)C(=O)OC(C(F)F)C(F)(F)F. The summed E-state index contributed by atoms with van der Waals surface area (Å²) in [5.41, 5.74) is -0.375. The molecule has 1 atom stereocenters. The number of hydrogen-bond acceptors (Lipinski definition) is 2. The Balaban J connectivity index is 4.56. The van der Waals surface area contributed by atoms with Crippen LogP contribution in [0.1, 0.15) is 6.92 Å². The van der Waals surface area contributed by atoms with Gasteiger partial charge < -0.3 is 4.74 Å². The lowest BCUT2D eigenvalue weighted by Crippen LogP contribution is -2.39. The molecule has 82 valence electrons. The largest absolute Gasteiger partial charge is 0.443 e. The van der Waals surface area contributed by atoms with Crippen molar-refractivity contribution in [1.82, 2.24) is 0 Å². The highest BCUT2D eigenvalue weighted by atomic mass is 19.4. The molecule has 0 amide bonds. The highest BCUT2D eigenvalue weighted by molar-refractivity contribution is 5.87. The molecule has 2 nitrogen and oxygen atoms in total. The number of ether oxygens (including phenoxy) is 1. The quantitative estimate of drug-likeness (QED) is 0.412. The normalized spacial score (nSPS) is 13.9. The maximum atomic E-state index is 11.8. The molecule has 0 aromatic rings. The number of carbonyl (C=O) groups excluding carboxylic acids is 1. The highest BCUT2D eigenvalue weighted by Crippen LogP contribution is 2.28. The molecule has 0 aromatic carbocycles. The zero-order valence-corrected chi connectivity index (χ0v) is 7.07. The standard InChI is InChI=1S/C7H7F5O2/c1-3(2)6(13)14-4(5(8)9)7(10,11)12/h4-5H,1H2,2H3. The summed E-state index contributed by atoms with van der Waals surface area (Å²) in [5, 5.41) is 0. The van der Waals surface area contributed by atoms with Gasteiger partial charge in [-0.2, -0.15) is 13.2 Å². The Morgan fingerprint density at radius 2 is 1.79 bits per heavy atom. The number of esters is 1. The summed E-state index contributed by atoms with van der Waals surface area (Å²) in [5.74, 6) is -1.49. The molecule has 0 fully saturated rings. The third-order valence-corrected chi connectivity index (χ3v) is 1.13. The van der Waals surface area contributed by atoms with Crippen LogP contribution in [0.5, 0.6) is 0 Å². The topological polar surface area (TPSA) is 26.3 Å². The Bertz CT molecular complexity index is 233. The van der Waals surface area contributed by atoms with Crippen molar-refractivity contribution < 1.29 is 31.5 Å². The van der Waals surface area contributed by atoms with Crippen LogP contribution >= 0.6 is 0 Å². The van der Waals surface area contributed by atoms with E-state index in [0.29, 0.717) is 0 Å². The van der Waals surface area contributed by atoms with E-state index >= 15 is 0 Å². The van der Waals surface area contributed by atoms with E-state index in [1.807, 2.05) is 0 Å². The maximum absolute atomic E-state index is 11.8. The van der Waals surface area contributed by atoms with Gasteiger partial charge in [-0.05, 0) is 6.92 Å². The average Bonchev–Trinajstić information content (AvgIpc) is 1.96. The first-order chi connectivity index (χ1) is 6.16. The summed E-state index contributed by atoms with van der Waals surface area (Å²) in [6.45, 7) is 4.02. The van der Waals surface area contributed by atoms with Crippen LogP contribution in [0.4, 0.5) is 22.0 Å². The van der Waals surface area contributed by atoms with Gasteiger partial charge in [0, 0.05) is 5.57 Å². The third-order valence-electron chi connectivity index (χ3n) is 1.13. The molecule has 1 unspecified atom stereocenters. The van der Waals surface area contributed by atoms with Crippen molar-refractivity contribution in [3.05, 3.63) is 12.2 Å². The minimum absolute atomic E-state index is 0.375. The minimum Gasteiger partial charge on any atom is -0.443 e. The minimum atomic E-state index is -5.28. The molecule has 0 aliphatic carbocycles. The van der Waals surface area contributed by atoms with Gasteiger partial charge in [-0.15, -0.1) is 0 Å². The molecule has 0 radical (unpaired) electrons. The molecular formula is C7H7F5O2. The van der Waals surface area contributed by atoms with Gasteiger partial charge in [0.05, 0.1) is 0 Å². The van der Waals surface area contributed by atoms with Gasteiger partial charge in [0.1, 0.15) is 0 Å². The van der Waals surface area contributed by atoms with Crippen LogP contribution in [0.25, 0.3) is 0 Å². The van der Waals surface area contributed by atoms with E-state index in [0.717, 1.165) is 6.92 Å². The van der Waals surface area contributed by atoms with Gasteiger partial charge in [-0.25, -0.2) is 13.6 Å².